The topological polar surface area (TPSA) is 105 Å². The predicted molar refractivity (Wildman–Crippen MR) is 107 cm³/mol. The van der Waals surface area contributed by atoms with Crippen molar-refractivity contribution in [2.75, 3.05) is 29.0 Å². The zero-order chi connectivity index (χ0) is 19.2. The van der Waals surface area contributed by atoms with Gasteiger partial charge in [-0.05, 0) is 43.0 Å². The van der Waals surface area contributed by atoms with Crippen molar-refractivity contribution in [3.63, 3.8) is 0 Å². The van der Waals surface area contributed by atoms with E-state index in [2.05, 4.69) is 46.7 Å². The molecule has 1 aromatic carbocycles. The Labute approximate surface area is 154 Å². The number of nitrogens with one attached hydrogen (secondary N) is 3. The van der Waals surface area contributed by atoms with Crippen molar-refractivity contribution < 1.29 is 4.79 Å². The van der Waals surface area contributed by atoms with Gasteiger partial charge in [-0.3, -0.25) is 5.32 Å². The maximum atomic E-state index is 12.2. The highest BCUT2D eigenvalue weighted by atomic mass is 16.2. The Morgan fingerprint density at radius 1 is 1.12 bits per heavy atom. The minimum atomic E-state index is -0.382. The minimum absolute atomic E-state index is 0.0729. The number of carbonyl (C=O) groups is 1. The lowest BCUT2D eigenvalue weighted by Gasteiger charge is -2.19. The van der Waals surface area contributed by atoms with Gasteiger partial charge in [-0.1, -0.05) is 32.9 Å². The normalized spacial score (nSPS) is 11.1. The van der Waals surface area contributed by atoms with Crippen LogP contribution in [0.3, 0.4) is 0 Å². The molecular weight excluding hydrogens is 328 g/mol. The smallest absolute Gasteiger partial charge is 0.326 e. The van der Waals surface area contributed by atoms with E-state index in [1.54, 1.807) is 0 Å². The van der Waals surface area contributed by atoms with Crippen LogP contribution < -0.4 is 21.7 Å². The number of benzene rings is 1. The highest BCUT2D eigenvalue weighted by Gasteiger charge is 2.13. The Morgan fingerprint density at radius 3 is 2.42 bits per heavy atom. The second-order valence-corrected chi connectivity index (χ2v) is 7.19. The Hall–Kier alpha value is -2.67. The first-order valence-electron chi connectivity index (χ1n) is 8.76. The second kappa shape index (κ2) is 8.62. The number of anilines is 3. The molecule has 0 bridgehead atoms. The van der Waals surface area contributed by atoms with Gasteiger partial charge in [0.2, 0.25) is 5.95 Å². The summed E-state index contributed by atoms with van der Waals surface area (Å²) in [5.41, 5.74) is 8.24. The van der Waals surface area contributed by atoms with Gasteiger partial charge in [0, 0.05) is 24.0 Å². The van der Waals surface area contributed by atoms with Crippen LogP contribution in [-0.4, -0.2) is 29.1 Å². The molecule has 0 aliphatic carbocycles. The molecule has 140 valence electrons. The van der Waals surface area contributed by atoms with E-state index in [0.717, 1.165) is 18.7 Å². The molecule has 7 nitrogen and oxygen atoms in total. The first kappa shape index (κ1) is 19.7. The highest BCUT2D eigenvalue weighted by molar-refractivity contribution is 5.98. The molecule has 26 heavy (non-hydrogen) atoms. The Kier molecular flexibility index (Phi) is 6.52. The summed E-state index contributed by atoms with van der Waals surface area (Å²) in [6.07, 6.45) is 0.844. The van der Waals surface area contributed by atoms with E-state index in [-0.39, 0.29) is 17.4 Å². The van der Waals surface area contributed by atoms with Crippen LogP contribution in [0, 0.1) is 6.92 Å². The fourth-order valence-corrected chi connectivity index (χ4v) is 2.35. The van der Waals surface area contributed by atoms with E-state index in [0.29, 0.717) is 18.1 Å². The first-order chi connectivity index (χ1) is 12.3. The molecule has 0 saturated carbocycles. The van der Waals surface area contributed by atoms with Gasteiger partial charge >= 0.3 is 6.03 Å². The molecular formula is C19H28N6O. The van der Waals surface area contributed by atoms with Gasteiger partial charge < -0.3 is 16.4 Å². The number of rotatable bonds is 6. The third kappa shape index (κ3) is 6.00. The van der Waals surface area contributed by atoms with Crippen molar-refractivity contribution in [3.05, 3.63) is 41.6 Å². The summed E-state index contributed by atoms with van der Waals surface area (Å²) < 4.78 is 0. The lowest BCUT2D eigenvalue weighted by molar-refractivity contribution is 0.262. The van der Waals surface area contributed by atoms with Gasteiger partial charge in [0.15, 0.2) is 0 Å². The van der Waals surface area contributed by atoms with Crippen LogP contribution in [0.15, 0.2) is 30.3 Å². The van der Waals surface area contributed by atoms with Crippen molar-refractivity contribution >= 4 is 23.5 Å². The van der Waals surface area contributed by atoms with Crippen molar-refractivity contribution in [1.82, 2.24) is 9.97 Å². The zero-order valence-corrected chi connectivity index (χ0v) is 15.9. The fraction of sp³-hybridized carbons (Fsp3) is 0.421. The monoisotopic (exact) mass is 356 g/mol. The molecule has 0 spiro atoms. The third-order valence-electron chi connectivity index (χ3n) is 3.78. The molecule has 0 aliphatic rings. The van der Waals surface area contributed by atoms with Crippen LogP contribution in [0.5, 0.6) is 0 Å². The Balaban J connectivity index is 1.98. The highest BCUT2D eigenvalue weighted by Crippen LogP contribution is 2.23. The van der Waals surface area contributed by atoms with Gasteiger partial charge in [0.05, 0.1) is 0 Å². The van der Waals surface area contributed by atoms with Gasteiger partial charge in [0.25, 0.3) is 0 Å². The van der Waals surface area contributed by atoms with Gasteiger partial charge in [0.1, 0.15) is 5.82 Å². The maximum absolute atomic E-state index is 12.2. The molecule has 1 aromatic heterocycles. The molecule has 1 heterocycles. The zero-order valence-electron chi connectivity index (χ0n) is 15.9. The number of urea groups is 1. The molecule has 2 aromatic rings. The predicted octanol–water partition coefficient (Wildman–Crippen LogP) is 3.49. The second-order valence-electron chi connectivity index (χ2n) is 7.19. The largest absolute Gasteiger partial charge is 0.370 e. The number of hydrogen-bond acceptors (Lipinski definition) is 5. The van der Waals surface area contributed by atoms with Crippen LogP contribution >= 0.6 is 0 Å². The molecule has 2 rings (SSSR count). The van der Waals surface area contributed by atoms with Gasteiger partial charge in [-0.15, -0.1) is 0 Å². The van der Waals surface area contributed by atoms with E-state index in [9.17, 15) is 4.79 Å². The van der Waals surface area contributed by atoms with Crippen LogP contribution in [0.2, 0.25) is 0 Å². The number of amides is 2. The minimum Gasteiger partial charge on any atom is -0.370 e. The summed E-state index contributed by atoms with van der Waals surface area (Å²) in [6, 6.07) is 9.24. The first-order valence-corrected chi connectivity index (χ1v) is 8.76. The molecule has 5 N–H and O–H groups in total. The van der Waals surface area contributed by atoms with Crippen LogP contribution in [0.25, 0.3) is 0 Å². The maximum Gasteiger partial charge on any atom is 0.326 e. The van der Waals surface area contributed by atoms with Crippen molar-refractivity contribution in [2.45, 2.75) is 39.5 Å². The Morgan fingerprint density at radius 2 is 1.81 bits per heavy atom. The van der Waals surface area contributed by atoms with Gasteiger partial charge in [-0.2, -0.15) is 4.98 Å². The van der Waals surface area contributed by atoms with E-state index < -0.39 is 0 Å². The summed E-state index contributed by atoms with van der Waals surface area (Å²) in [6.45, 7) is 9.63. The van der Waals surface area contributed by atoms with Crippen LogP contribution in [0.1, 0.15) is 38.4 Å². The van der Waals surface area contributed by atoms with Crippen molar-refractivity contribution in [1.29, 1.82) is 0 Å². The molecule has 2 amide bonds. The van der Waals surface area contributed by atoms with E-state index in [4.69, 9.17) is 5.73 Å². The number of nitrogens with zero attached hydrogens (tertiary/aromatic N) is 2. The average molecular weight is 356 g/mol. The molecule has 0 atom stereocenters. The van der Waals surface area contributed by atoms with Crippen molar-refractivity contribution in [2.24, 2.45) is 5.73 Å². The fourth-order valence-electron chi connectivity index (χ4n) is 2.35. The SMILES string of the molecule is Cc1cc(NCCCN)nc(NC(=O)Nc2ccc(C(C)(C)C)cc2)n1. The number of nitrogens with two attached hydrogens (primary N) is 1. The number of aryl methyl sites for hydroxylation is 1. The standard InChI is InChI=1S/C19H28N6O/c1-13-12-16(21-11-5-10-20)24-17(22-13)25-18(26)23-15-8-6-14(7-9-15)19(2,3)4/h6-9,12H,5,10-11,20H2,1-4H3,(H3,21,22,23,24,25,26). The summed E-state index contributed by atoms with van der Waals surface area (Å²) in [7, 11) is 0. The van der Waals surface area contributed by atoms with Crippen molar-refractivity contribution in [3.8, 4) is 0 Å². The summed E-state index contributed by atoms with van der Waals surface area (Å²) in [5, 5.41) is 8.63. The summed E-state index contributed by atoms with van der Waals surface area (Å²) >= 11 is 0. The lowest BCUT2D eigenvalue weighted by Crippen LogP contribution is -2.21. The number of carbonyl (C=O) groups excluding carboxylic acids is 1. The van der Waals surface area contributed by atoms with E-state index in [1.165, 1.54) is 5.56 Å². The molecule has 0 unspecified atom stereocenters. The van der Waals surface area contributed by atoms with E-state index in [1.807, 2.05) is 37.3 Å². The molecule has 7 heteroatoms. The lowest BCUT2D eigenvalue weighted by atomic mass is 9.87. The number of hydrogen-bond donors (Lipinski definition) is 4. The van der Waals surface area contributed by atoms with Gasteiger partial charge in [-0.25, -0.2) is 9.78 Å². The molecule has 0 saturated heterocycles. The molecule has 0 aliphatic heterocycles. The quantitative estimate of drug-likeness (QED) is 0.593. The Bertz CT molecular complexity index is 737. The summed E-state index contributed by atoms with van der Waals surface area (Å²) in [5.74, 6) is 0.917. The van der Waals surface area contributed by atoms with E-state index >= 15 is 0 Å². The van der Waals surface area contributed by atoms with Crippen LogP contribution in [-0.2, 0) is 5.41 Å². The third-order valence-corrected chi connectivity index (χ3v) is 3.78. The number of aromatic nitrogens is 2. The molecule has 0 radical (unpaired) electrons. The molecule has 0 fully saturated rings. The average Bonchev–Trinajstić information content (AvgIpc) is 2.54. The summed E-state index contributed by atoms with van der Waals surface area (Å²) in [4.78, 5) is 20.7. The van der Waals surface area contributed by atoms with Crippen LogP contribution in [0.4, 0.5) is 22.2 Å².